The predicted molar refractivity (Wildman–Crippen MR) is 169 cm³/mol. The molecule has 0 spiro atoms. The topological polar surface area (TPSA) is 103 Å². The van der Waals surface area contributed by atoms with E-state index in [4.69, 9.17) is 14.2 Å². The summed E-state index contributed by atoms with van der Waals surface area (Å²) in [5.74, 6) is 0.0655. The molecule has 2 N–H and O–H groups in total. The monoisotopic (exact) mass is 598 g/mol. The number of esters is 1. The molecule has 0 aliphatic heterocycles. The lowest BCUT2D eigenvalue weighted by atomic mass is 10.1. The van der Waals surface area contributed by atoms with Gasteiger partial charge in [-0.3, -0.25) is 9.59 Å². The van der Waals surface area contributed by atoms with Gasteiger partial charge in [0.05, 0.1) is 26.4 Å². The number of nitrogens with one attached hydrogen (secondary N) is 2. The normalized spacial score (nSPS) is 11.2. The van der Waals surface area contributed by atoms with E-state index >= 15 is 0 Å². The van der Waals surface area contributed by atoms with Crippen molar-refractivity contribution in [2.45, 2.75) is 29.9 Å². The van der Waals surface area contributed by atoms with Crippen molar-refractivity contribution >= 4 is 40.9 Å². The van der Waals surface area contributed by atoms with Crippen molar-refractivity contribution in [3.8, 4) is 11.5 Å². The second kappa shape index (κ2) is 15.5. The molecule has 0 saturated heterocycles. The number of unbranched alkanes of at least 4 members (excludes halogenated alkanes) is 1. The van der Waals surface area contributed by atoms with Crippen LogP contribution in [0.2, 0.25) is 0 Å². The summed E-state index contributed by atoms with van der Waals surface area (Å²) in [5.41, 5.74) is 2.80. The smallest absolute Gasteiger partial charge is 0.338 e. The third-order valence-electron chi connectivity index (χ3n) is 6.45. The second-order valence-electron chi connectivity index (χ2n) is 9.52. The summed E-state index contributed by atoms with van der Waals surface area (Å²) in [6, 6.07) is 28.4. The van der Waals surface area contributed by atoms with Gasteiger partial charge in [0.15, 0.2) is 11.5 Å². The fraction of sp³-hybridized carbons (Fsp3) is 0.206. The first-order valence-electron chi connectivity index (χ1n) is 13.8. The molecule has 43 heavy (non-hydrogen) atoms. The molecule has 0 heterocycles. The quantitative estimate of drug-likeness (QED) is 0.0940. The summed E-state index contributed by atoms with van der Waals surface area (Å²) in [6.07, 6.45) is 1.75. The molecule has 1 unspecified atom stereocenters. The van der Waals surface area contributed by atoms with E-state index in [1.54, 1.807) is 48.5 Å². The first-order chi connectivity index (χ1) is 20.9. The molecule has 2 amide bonds. The number of ether oxygens (including phenoxy) is 3. The molecule has 0 aliphatic carbocycles. The van der Waals surface area contributed by atoms with Crippen LogP contribution in [0.15, 0.2) is 102 Å². The van der Waals surface area contributed by atoms with E-state index in [2.05, 4.69) is 10.6 Å². The van der Waals surface area contributed by atoms with Crippen molar-refractivity contribution in [3.05, 3.63) is 114 Å². The standard InChI is InChI=1S/C34H34N2O6S/c1-4-5-20-42-34(39)24-14-17-26(18-15-24)35-33(38)31(23-10-7-6-8-11-23)43-28-13-9-12-27(22-28)36-32(37)25-16-19-29(40-2)30(21-25)41-3/h6-19,21-22,31H,4-5,20H2,1-3H3,(H,35,38)(H,36,37). The highest BCUT2D eigenvalue weighted by atomic mass is 32.2. The van der Waals surface area contributed by atoms with Crippen LogP contribution in [0.3, 0.4) is 0 Å². The molecule has 9 heteroatoms. The largest absolute Gasteiger partial charge is 0.493 e. The zero-order valence-corrected chi connectivity index (χ0v) is 25.1. The summed E-state index contributed by atoms with van der Waals surface area (Å²) < 4.78 is 15.8. The minimum Gasteiger partial charge on any atom is -0.493 e. The van der Waals surface area contributed by atoms with Crippen molar-refractivity contribution in [2.24, 2.45) is 0 Å². The molecule has 4 aromatic rings. The van der Waals surface area contributed by atoms with Gasteiger partial charge in [0.2, 0.25) is 5.91 Å². The van der Waals surface area contributed by atoms with E-state index in [1.807, 2.05) is 55.5 Å². The number of anilines is 2. The Hall–Kier alpha value is -4.76. The Morgan fingerprint density at radius 2 is 1.47 bits per heavy atom. The van der Waals surface area contributed by atoms with Crippen LogP contribution in [0.4, 0.5) is 11.4 Å². The van der Waals surface area contributed by atoms with Crippen LogP contribution in [0, 0.1) is 0 Å². The number of hydrogen-bond donors (Lipinski definition) is 2. The first-order valence-corrected chi connectivity index (χ1v) is 14.7. The highest BCUT2D eigenvalue weighted by Crippen LogP contribution is 2.37. The van der Waals surface area contributed by atoms with Crippen molar-refractivity contribution in [2.75, 3.05) is 31.5 Å². The Bertz CT molecular complexity index is 1540. The minimum atomic E-state index is -0.586. The van der Waals surface area contributed by atoms with Gasteiger partial charge in [-0.05, 0) is 72.6 Å². The molecule has 1 atom stereocenters. The highest BCUT2D eigenvalue weighted by Gasteiger charge is 2.23. The van der Waals surface area contributed by atoms with E-state index < -0.39 is 5.25 Å². The maximum absolute atomic E-state index is 13.6. The number of methoxy groups -OCH3 is 2. The predicted octanol–water partition coefficient (Wildman–Crippen LogP) is 7.39. The lowest BCUT2D eigenvalue weighted by Gasteiger charge is -2.18. The number of hydrogen-bond acceptors (Lipinski definition) is 7. The molecule has 0 fully saturated rings. The lowest BCUT2D eigenvalue weighted by molar-refractivity contribution is -0.115. The number of rotatable bonds is 13. The van der Waals surface area contributed by atoms with Crippen molar-refractivity contribution in [3.63, 3.8) is 0 Å². The number of amides is 2. The van der Waals surface area contributed by atoms with Gasteiger partial charge in [-0.2, -0.15) is 0 Å². The average molecular weight is 599 g/mol. The zero-order valence-electron chi connectivity index (χ0n) is 24.3. The Labute approximate surface area is 255 Å². The maximum atomic E-state index is 13.6. The first kappa shape index (κ1) is 31.2. The molecule has 0 radical (unpaired) electrons. The van der Waals surface area contributed by atoms with Crippen LogP contribution in [0.1, 0.15) is 51.3 Å². The van der Waals surface area contributed by atoms with Crippen LogP contribution >= 0.6 is 11.8 Å². The lowest BCUT2D eigenvalue weighted by Crippen LogP contribution is -2.19. The zero-order chi connectivity index (χ0) is 30.6. The van der Waals surface area contributed by atoms with Gasteiger partial charge in [0.1, 0.15) is 5.25 Å². The highest BCUT2D eigenvalue weighted by molar-refractivity contribution is 8.00. The van der Waals surface area contributed by atoms with Gasteiger partial charge in [0.25, 0.3) is 5.91 Å². The van der Waals surface area contributed by atoms with Crippen LogP contribution in [-0.2, 0) is 9.53 Å². The molecule has 4 rings (SSSR count). The van der Waals surface area contributed by atoms with Gasteiger partial charge in [-0.15, -0.1) is 11.8 Å². The van der Waals surface area contributed by atoms with Crippen LogP contribution in [-0.4, -0.2) is 38.6 Å². The van der Waals surface area contributed by atoms with Gasteiger partial charge in [0, 0.05) is 21.8 Å². The van der Waals surface area contributed by atoms with E-state index in [0.29, 0.717) is 40.6 Å². The molecule has 0 bridgehead atoms. The van der Waals surface area contributed by atoms with E-state index in [-0.39, 0.29) is 17.8 Å². The summed E-state index contributed by atoms with van der Waals surface area (Å²) in [7, 11) is 3.05. The number of thioether (sulfide) groups is 1. The Morgan fingerprint density at radius 1 is 0.744 bits per heavy atom. The molecular formula is C34H34N2O6S. The van der Waals surface area contributed by atoms with Gasteiger partial charge in [-0.1, -0.05) is 49.7 Å². The Balaban J connectivity index is 1.47. The fourth-order valence-electron chi connectivity index (χ4n) is 4.15. The van der Waals surface area contributed by atoms with Gasteiger partial charge < -0.3 is 24.8 Å². The summed E-state index contributed by atoms with van der Waals surface area (Å²) in [6.45, 7) is 2.41. The number of benzene rings is 4. The maximum Gasteiger partial charge on any atom is 0.338 e. The molecule has 0 aromatic heterocycles. The van der Waals surface area contributed by atoms with E-state index in [9.17, 15) is 14.4 Å². The van der Waals surface area contributed by atoms with E-state index in [0.717, 1.165) is 23.3 Å². The average Bonchev–Trinajstić information content (AvgIpc) is 3.04. The van der Waals surface area contributed by atoms with Gasteiger partial charge in [-0.25, -0.2) is 4.79 Å². The Morgan fingerprint density at radius 3 is 2.16 bits per heavy atom. The molecule has 0 saturated carbocycles. The fourth-order valence-corrected chi connectivity index (χ4v) is 5.24. The molecule has 222 valence electrons. The molecule has 0 aliphatic rings. The summed E-state index contributed by atoms with van der Waals surface area (Å²) in [4.78, 5) is 39.5. The number of carbonyl (C=O) groups is 3. The SMILES string of the molecule is CCCCOC(=O)c1ccc(NC(=O)C(Sc2cccc(NC(=O)c3ccc(OC)c(OC)c3)c2)c2ccccc2)cc1. The minimum absolute atomic E-state index is 0.228. The van der Waals surface area contributed by atoms with Crippen LogP contribution < -0.4 is 20.1 Å². The van der Waals surface area contributed by atoms with Crippen molar-refractivity contribution in [1.29, 1.82) is 0 Å². The summed E-state index contributed by atoms with van der Waals surface area (Å²) in [5, 5.41) is 5.29. The molecule has 8 nitrogen and oxygen atoms in total. The van der Waals surface area contributed by atoms with Gasteiger partial charge >= 0.3 is 5.97 Å². The van der Waals surface area contributed by atoms with Crippen molar-refractivity contribution < 1.29 is 28.6 Å². The number of carbonyl (C=O) groups excluding carboxylic acids is 3. The Kier molecular flexibility index (Phi) is 11.2. The molecule has 4 aromatic carbocycles. The third-order valence-corrected chi connectivity index (χ3v) is 7.70. The molecular weight excluding hydrogens is 564 g/mol. The van der Waals surface area contributed by atoms with Crippen molar-refractivity contribution in [1.82, 2.24) is 0 Å². The van der Waals surface area contributed by atoms with Crippen LogP contribution in [0.5, 0.6) is 11.5 Å². The van der Waals surface area contributed by atoms with E-state index in [1.165, 1.54) is 26.0 Å². The van der Waals surface area contributed by atoms with Crippen LogP contribution in [0.25, 0.3) is 0 Å². The third kappa shape index (κ3) is 8.62. The second-order valence-corrected chi connectivity index (χ2v) is 10.7. The summed E-state index contributed by atoms with van der Waals surface area (Å²) >= 11 is 1.36.